The minimum absolute atomic E-state index is 0.0216. The molecule has 0 aliphatic carbocycles. The molecule has 1 aromatic heterocycles. The summed E-state index contributed by atoms with van der Waals surface area (Å²) in [6.07, 6.45) is 1.99. The van der Waals surface area contributed by atoms with Gasteiger partial charge < -0.3 is 11.1 Å². The predicted molar refractivity (Wildman–Crippen MR) is 74.3 cm³/mol. The molecule has 0 aromatic carbocycles. The second-order valence-electron chi connectivity index (χ2n) is 4.60. The number of carbonyl (C=O) groups is 1. The molecule has 20 heavy (non-hydrogen) atoms. The van der Waals surface area contributed by atoms with Crippen molar-refractivity contribution in [2.45, 2.75) is 39.7 Å². The van der Waals surface area contributed by atoms with Crippen LogP contribution in [-0.2, 0) is 11.3 Å². The number of amides is 1. The average molecular weight is 283 g/mol. The largest absolute Gasteiger partial charge is 0.356 e. The summed E-state index contributed by atoms with van der Waals surface area (Å²) in [4.78, 5) is 22.0. The molecule has 0 saturated heterocycles. The third-order valence-electron chi connectivity index (χ3n) is 3.03. The van der Waals surface area contributed by atoms with Crippen LogP contribution in [0.3, 0.4) is 0 Å². The number of unbranched alkanes of at least 4 members (excludes halogenated alkanes) is 1. The fourth-order valence-electron chi connectivity index (χ4n) is 1.96. The van der Waals surface area contributed by atoms with Crippen LogP contribution in [0.25, 0.3) is 0 Å². The number of nitro groups is 1. The first-order valence-electron chi connectivity index (χ1n) is 6.62. The van der Waals surface area contributed by atoms with Crippen molar-refractivity contribution in [2.24, 2.45) is 5.73 Å². The Bertz CT molecular complexity index is 484. The van der Waals surface area contributed by atoms with Gasteiger partial charge in [-0.25, -0.2) is 0 Å². The average Bonchev–Trinajstić information content (AvgIpc) is 2.67. The first-order chi connectivity index (χ1) is 9.47. The van der Waals surface area contributed by atoms with Gasteiger partial charge in [-0.05, 0) is 33.2 Å². The summed E-state index contributed by atoms with van der Waals surface area (Å²) >= 11 is 0. The van der Waals surface area contributed by atoms with Crippen molar-refractivity contribution in [1.82, 2.24) is 15.1 Å². The van der Waals surface area contributed by atoms with Gasteiger partial charge in [0.15, 0.2) is 0 Å². The molecule has 8 heteroatoms. The van der Waals surface area contributed by atoms with Gasteiger partial charge in [0.05, 0.1) is 11.5 Å². The second kappa shape index (κ2) is 7.59. The van der Waals surface area contributed by atoms with E-state index in [-0.39, 0.29) is 18.0 Å². The highest BCUT2D eigenvalue weighted by molar-refractivity contribution is 5.75. The van der Waals surface area contributed by atoms with E-state index < -0.39 is 4.92 Å². The maximum Gasteiger partial charge on any atom is 0.312 e. The third kappa shape index (κ3) is 4.30. The van der Waals surface area contributed by atoms with Crippen LogP contribution in [0.4, 0.5) is 5.69 Å². The summed E-state index contributed by atoms with van der Waals surface area (Å²) < 4.78 is 1.51. The van der Waals surface area contributed by atoms with Crippen LogP contribution in [0.5, 0.6) is 0 Å². The quantitative estimate of drug-likeness (QED) is 0.413. The number of nitrogens with one attached hydrogen (secondary N) is 1. The Balaban J connectivity index is 2.48. The molecule has 0 spiro atoms. The number of hydrogen-bond donors (Lipinski definition) is 2. The van der Waals surface area contributed by atoms with Crippen molar-refractivity contribution in [1.29, 1.82) is 0 Å². The van der Waals surface area contributed by atoms with Crippen LogP contribution in [0.15, 0.2) is 0 Å². The zero-order valence-corrected chi connectivity index (χ0v) is 11.9. The van der Waals surface area contributed by atoms with E-state index in [0.29, 0.717) is 31.0 Å². The van der Waals surface area contributed by atoms with Crippen LogP contribution in [0.2, 0.25) is 0 Å². The number of aromatic nitrogens is 2. The Labute approximate surface area is 117 Å². The van der Waals surface area contributed by atoms with Gasteiger partial charge in [-0.1, -0.05) is 0 Å². The number of hydrogen-bond acceptors (Lipinski definition) is 5. The van der Waals surface area contributed by atoms with E-state index in [0.717, 1.165) is 12.8 Å². The molecule has 0 atom stereocenters. The lowest BCUT2D eigenvalue weighted by atomic mass is 10.3. The molecule has 112 valence electrons. The smallest absolute Gasteiger partial charge is 0.312 e. The highest BCUT2D eigenvalue weighted by atomic mass is 16.6. The molecule has 3 N–H and O–H groups in total. The fourth-order valence-corrected chi connectivity index (χ4v) is 1.96. The number of aryl methyl sites for hydroxylation is 2. The van der Waals surface area contributed by atoms with E-state index in [9.17, 15) is 14.9 Å². The third-order valence-corrected chi connectivity index (χ3v) is 3.03. The molecule has 0 saturated carbocycles. The summed E-state index contributed by atoms with van der Waals surface area (Å²) in [5.74, 6) is -0.0859. The Morgan fingerprint density at radius 2 is 2.15 bits per heavy atom. The van der Waals surface area contributed by atoms with Gasteiger partial charge >= 0.3 is 5.69 Å². The Morgan fingerprint density at radius 3 is 2.70 bits per heavy atom. The predicted octanol–water partition coefficient (Wildman–Crippen LogP) is 0.653. The Hall–Kier alpha value is -1.96. The standard InChI is InChI=1S/C12H21N5O3/c1-9-12(17(19)20)10(2)16(15-9)8-5-11(18)14-7-4-3-6-13/h3-8,13H2,1-2H3,(H,14,18). The van der Waals surface area contributed by atoms with E-state index in [2.05, 4.69) is 10.4 Å². The molecule has 0 unspecified atom stereocenters. The molecule has 0 bridgehead atoms. The molecule has 1 amide bonds. The summed E-state index contributed by atoms with van der Waals surface area (Å²) in [6.45, 7) is 4.79. The van der Waals surface area contributed by atoms with E-state index in [1.807, 2.05) is 0 Å². The van der Waals surface area contributed by atoms with Crippen molar-refractivity contribution in [2.75, 3.05) is 13.1 Å². The molecular formula is C12H21N5O3. The minimum atomic E-state index is -0.443. The number of rotatable bonds is 8. The molecular weight excluding hydrogens is 262 g/mol. The van der Waals surface area contributed by atoms with Crippen molar-refractivity contribution < 1.29 is 9.72 Å². The van der Waals surface area contributed by atoms with Crippen LogP contribution >= 0.6 is 0 Å². The monoisotopic (exact) mass is 283 g/mol. The van der Waals surface area contributed by atoms with Crippen molar-refractivity contribution >= 4 is 11.6 Å². The van der Waals surface area contributed by atoms with Gasteiger partial charge in [-0.15, -0.1) is 0 Å². The lowest BCUT2D eigenvalue weighted by molar-refractivity contribution is -0.386. The second-order valence-corrected chi connectivity index (χ2v) is 4.60. The van der Waals surface area contributed by atoms with Gasteiger partial charge in [0.2, 0.25) is 5.91 Å². The Morgan fingerprint density at radius 1 is 1.45 bits per heavy atom. The lowest BCUT2D eigenvalue weighted by Crippen LogP contribution is -2.26. The van der Waals surface area contributed by atoms with Crippen molar-refractivity contribution in [3.63, 3.8) is 0 Å². The molecule has 1 rings (SSSR count). The van der Waals surface area contributed by atoms with Gasteiger partial charge in [0.25, 0.3) is 0 Å². The van der Waals surface area contributed by atoms with Crippen LogP contribution in [-0.4, -0.2) is 33.7 Å². The van der Waals surface area contributed by atoms with Crippen molar-refractivity contribution in [3.05, 3.63) is 21.5 Å². The summed E-state index contributed by atoms with van der Waals surface area (Å²) in [7, 11) is 0. The molecule has 0 fully saturated rings. The zero-order chi connectivity index (χ0) is 15.1. The highest BCUT2D eigenvalue weighted by Crippen LogP contribution is 2.21. The van der Waals surface area contributed by atoms with Gasteiger partial charge in [0.1, 0.15) is 11.4 Å². The SMILES string of the molecule is Cc1nn(CCC(=O)NCCCCN)c(C)c1[N+](=O)[O-]. The molecule has 1 heterocycles. The molecule has 1 aromatic rings. The Kier molecular flexibility index (Phi) is 6.10. The highest BCUT2D eigenvalue weighted by Gasteiger charge is 2.21. The lowest BCUT2D eigenvalue weighted by Gasteiger charge is -2.05. The molecule has 8 nitrogen and oxygen atoms in total. The summed E-state index contributed by atoms with van der Waals surface area (Å²) in [5, 5.41) is 17.7. The van der Waals surface area contributed by atoms with Gasteiger partial charge in [-0.3, -0.25) is 19.6 Å². The van der Waals surface area contributed by atoms with Crippen molar-refractivity contribution in [3.8, 4) is 0 Å². The van der Waals surface area contributed by atoms with Crippen LogP contribution in [0.1, 0.15) is 30.7 Å². The van der Waals surface area contributed by atoms with Gasteiger partial charge in [0, 0.05) is 13.0 Å². The normalized spacial score (nSPS) is 10.6. The number of nitrogens with two attached hydrogens (primary N) is 1. The maximum absolute atomic E-state index is 11.6. The zero-order valence-electron chi connectivity index (χ0n) is 11.9. The molecule has 0 aliphatic rings. The number of carbonyl (C=O) groups excluding carboxylic acids is 1. The summed E-state index contributed by atoms with van der Waals surface area (Å²) in [6, 6.07) is 0. The first-order valence-corrected chi connectivity index (χ1v) is 6.62. The molecule has 0 aliphatic heterocycles. The van der Waals surface area contributed by atoms with E-state index in [1.54, 1.807) is 13.8 Å². The van der Waals surface area contributed by atoms with E-state index in [4.69, 9.17) is 5.73 Å². The number of nitrogens with zero attached hydrogens (tertiary/aromatic N) is 3. The summed E-state index contributed by atoms with van der Waals surface area (Å²) in [5.41, 5.74) is 6.23. The topological polar surface area (TPSA) is 116 Å². The van der Waals surface area contributed by atoms with Crippen LogP contribution in [0, 0.1) is 24.0 Å². The fraction of sp³-hybridized carbons (Fsp3) is 0.667. The van der Waals surface area contributed by atoms with Gasteiger partial charge in [-0.2, -0.15) is 5.10 Å². The van der Waals surface area contributed by atoms with Crippen LogP contribution < -0.4 is 11.1 Å². The maximum atomic E-state index is 11.6. The first kappa shape index (κ1) is 16.1. The van der Waals surface area contributed by atoms with E-state index in [1.165, 1.54) is 4.68 Å². The van der Waals surface area contributed by atoms with E-state index >= 15 is 0 Å². The minimum Gasteiger partial charge on any atom is -0.356 e. The molecule has 0 radical (unpaired) electrons.